The van der Waals surface area contributed by atoms with Crippen molar-refractivity contribution in [1.82, 2.24) is 9.47 Å². The normalized spacial score (nSPS) is 15.3. The number of hydrogen-bond donors (Lipinski definition) is 1. The van der Waals surface area contributed by atoms with E-state index in [0.717, 1.165) is 73.9 Å². The Morgan fingerprint density at radius 3 is 2.42 bits per heavy atom. The molecule has 2 aromatic rings. The van der Waals surface area contributed by atoms with E-state index in [1.165, 1.54) is 0 Å². The molecule has 0 spiro atoms. The average Bonchev–Trinajstić information content (AvgIpc) is 2.87. The lowest BCUT2D eigenvalue weighted by Crippen LogP contribution is -2.37. The zero-order valence-electron chi connectivity index (χ0n) is 16.0. The van der Waals surface area contributed by atoms with E-state index in [2.05, 4.69) is 35.4 Å². The Kier molecular flexibility index (Phi) is 5.79. The van der Waals surface area contributed by atoms with Crippen LogP contribution in [-0.4, -0.2) is 48.2 Å². The maximum absolute atomic E-state index is 12.2. The highest BCUT2D eigenvalue weighted by Gasteiger charge is 2.23. The second-order valence-electron chi connectivity index (χ2n) is 7.06. The summed E-state index contributed by atoms with van der Waals surface area (Å²) in [4.78, 5) is 14.6. The quantitative estimate of drug-likeness (QED) is 0.867. The van der Waals surface area contributed by atoms with Crippen LogP contribution in [0, 0.1) is 20.8 Å². The first-order valence-corrected chi connectivity index (χ1v) is 9.36. The first-order valence-electron chi connectivity index (χ1n) is 9.36. The zero-order chi connectivity index (χ0) is 18.7. The van der Waals surface area contributed by atoms with Crippen LogP contribution in [-0.2, 0) is 11.3 Å². The molecule has 140 valence electrons. The fraction of sp³-hybridized carbons (Fsp3) is 0.476. The van der Waals surface area contributed by atoms with E-state index < -0.39 is 0 Å². The van der Waals surface area contributed by atoms with Crippen molar-refractivity contribution in [1.29, 1.82) is 0 Å². The van der Waals surface area contributed by atoms with Crippen molar-refractivity contribution in [3.8, 4) is 11.1 Å². The van der Waals surface area contributed by atoms with Crippen molar-refractivity contribution in [3.05, 3.63) is 46.8 Å². The topological polar surface area (TPSA) is 60.5 Å². The van der Waals surface area contributed by atoms with Crippen molar-refractivity contribution in [3.63, 3.8) is 0 Å². The standard InChI is InChI=1S/C21H29N3O2/c1-15-7-4-5-8-18(15)19-16(2)24(17(3)20(19)21(22)25)10-6-9-23-11-13-26-14-12-23/h4-5,7-8H,6,9-14H2,1-3H3,(H2,22,25). The maximum atomic E-state index is 12.2. The van der Waals surface area contributed by atoms with Crippen LogP contribution in [0.2, 0.25) is 0 Å². The third-order valence-electron chi connectivity index (χ3n) is 5.40. The largest absolute Gasteiger partial charge is 0.379 e. The molecule has 0 bridgehead atoms. The predicted octanol–water partition coefficient (Wildman–Crippen LogP) is 2.90. The third kappa shape index (κ3) is 3.69. The molecule has 1 fully saturated rings. The number of morpholine rings is 1. The molecule has 0 saturated carbocycles. The molecule has 26 heavy (non-hydrogen) atoms. The lowest BCUT2D eigenvalue weighted by molar-refractivity contribution is 0.0369. The summed E-state index contributed by atoms with van der Waals surface area (Å²) in [7, 11) is 0. The van der Waals surface area contributed by atoms with Gasteiger partial charge in [0.2, 0.25) is 0 Å². The molecular formula is C21H29N3O2. The Labute approximate surface area is 155 Å². The van der Waals surface area contributed by atoms with Crippen molar-refractivity contribution in [2.75, 3.05) is 32.8 Å². The summed E-state index contributed by atoms with van der Waals surface area (Å²) >= 11 is 0. The lowest BCUT2D eigenvalue weighted by Gasteiger charge is -2.26. The molecule has 3 rings (SSSR count). The Bertz CT molecular complexity index is 789. The molecule has 1 amide bonds. The van der Waals surface area contributed by atoms with Gasteiger partial charge in [0, 0.05) is 43.1 Å². The number of ether oxygens (including phenoxy) is 1. The smallest absolute Gasteiger partial charge is 0.251 e. The number of aromatic nitrogens is 1. The molecule has 1 aliphatic heterocycles. The van der Waals surface area contributed by atoms with Crippen LogP contribution < -0.4 is 5.73 Å². The molecule has 1 aromatic carbocycles. The highest BCUT2D eigenvalue weighted by Crippen LogP contribution is 2.34. The summed E-state index contributed by atoms with van der Waals surface area (Å²) < 4.78 is 7.66. The van der Waals surface area contributed by atoms with Gasteiger partial charge >= 0.3 is 0 Å². The van der Waals surface area contributed by atoms with Crippen LogP contribution in [0.15, 0.2) is 24.3 Å². The molecule has 5 heteroatoms. The lowest BCUT2D eigenvalue weighted by atomic mass is 9.96. The van der Waals surface area contributed by atoms with Crippen molar-refractivity contribution < 1.29 is 9.53 Å². The first kappa shape index (κ1) is 18.7. The Morgan fingerprint density at radius 2 is 1.77 bits per heavy atom. The molecule has 0 radical (unpaired) electrons. The minimum Gasteiger partial charge on any atom is -0.379 e. The van der Waals surface area contributed by atoms with Gasteiger partial charge in [-0.2, -0.15) is 0 Å². The number of carbonyl (C=O) groups excluding carboxylic acids is 1. The third-order valence-corrected chi connectivity index (χ3v) is 5.40. The van der Waals surface area contributed by atoms with Gasteiger partial charge in [0.1, 0.15) is 0 Å². The highest BCUT2D eigenvalue weighted by molar-refractivity contribution is 6.02. The van der Waals surface area contributed by atoms with Crippen molar-refractivity contribution in [2.24, 2.45) is 5.73 Å². The molecule has 0 unspecified atom stereocenters. The van der Waals surface area contributed by atoms with E-state index >= 15 is 0 Å². The number of aryl methyl sites for hydroxylation is 1. The minimum absolute atomic E-state index is 0.351. The van der Waals surface area contributed by atoms with Gasteiger partial charge in [-0.3, -0.25) is 9.69 Å². The molecule has 1 saturated heterocycles. The van der Waals surface area contributed by atoms with Crippen LogP contribution in [0.25, 0.3) is 11.1 Å². The first-order chi connectivity index (χ1) is 12.5. The summed E-state index contributed by atoms with van der Waals surface area (Å²) in [6, 6.07) is 8.17. The van der Waals surface area contributed by atoms with Crippen LogP contribution in [0.1, 0.15) is 33.7 Å². The number of rotatable bonds is 6. The number of benzene rings is 1. The van der Waals surface area contributed by atoms with E-state index in [1.807, 2.05) is 19.1 Å². The predicted molar refractivity (Wildman–Crippen MR) is 104 cm³/mol. The highest BCUT2D eigenvalue weighted by atomic mass is 16.5. The molecule has 5 nitrogen and oxygen atoms in total. The molecule has 1 aromatic heterocycles. The van der Waals surface area contributed by atoms with Gasteiger partial charge in [-0.25, -0.2) is 0 Å². The van der Waals surface area contributed by atoms with Gasteiger partial charge in [-0.1, -0.05) is 24.3 Å². The second-order valence-corrected chi connectivity index (χ2v) is 7.06. The molecule has 1 aliphatic rings. The number of nitrogens with zero attached hydrogens (tertiary/aromatic N) is 2. The van der Waals surface area contributed by atoms with Crippen LogP contribution in [0.4, 0.5) is 0 Å². The zero-order valence-corrected chi connectivity index (χ0v) is 16.0. The summed E-state index contributed by atoms with van der Waals surface area (Å²) in [5.41, 5.74) is 11.7. The van der Waals surface area contributed by atoms with E-state index in [-0.39, 0.29) is 5.91 Å². The fourth-order valence-corrected chi connectivity index (χ4v) is 3.98. The van der Waals surface area contributed by atoms with Crippen LogP contribution in [0.5, 0.6) is 0 Å². The van der Waals surface area contributed by atoms with Gasteiger partial charge in [-0.05, 0) is 38.3 Å². The summed E-state index contributed by atoms with van der Waals surface area (Å²) in [6.45, 7) is 11.8. The fourth-order valence-electron chi connectivity index (χ4n) is 3.98. The molecular weight excluding hydrogens is 326 g/mol. The maximum Gasteiger partial charge on any atom is 0.251 e. The Balaban J connectivity index is 1.88. The molecule has 0 atom stereocenters. The van der Waals surface area contributed by atoms with Crippen molar-refractivity contribution in [2.45, 2.75) is 33.7 Å². The van der Waals surface area contributed by atoms with Gasteiger partial charge in [0.05, 0.1) is 18.8 Å². The number of amides is 1. The number of carbonyl (C=O) groups is 1. The van der Waals surface area contributed by atoms with Gasteiger partial charge in [0.15, 0.2) is 0 Å². The number of nitrogens with two attached hydrogens (primary N) is 1. The summed E-state index contributed by atoms with van der Waals surface area (Å²) in [6.07, 6.45) is 1.04. The average molecular weight is 355 g/mol. The summed E-state index contributed by atoms with van der Waals surface area (Å²) in [5, 5.41) is 0. The van der Waals surface area contributed by atoms with E-state index in [1.54, 1.807) is 0 Å². The Hall–Kier alpha value is -2.11. The van der Waals surface area contributed by atoms with Gasteiger partial charge in [-0.15, -0.1) is 0 Å². The van der Waals surface area contributed by atoms with Crippen molar-refractivity contribution >= 4 is 5.91 Å². The molecule has 2 N–H and O–H groups in total. The summed E-state index contributed by atoms with van der Waals surface area (Å²) in [5.74, 6) is -0.351. The van der Waals surface area contributed by atoms with E-state index in [9.17, 15) is 4.79 Å². The van der Waals surface area contributed by atoms with E-state index in [4.69, 9.17) is 10.5 Å². The van der Waals surface area contributed by atoms with Gasteiger partial charge < -0.3 is 15.0 Å². The number of primary amides is 1. The molecule has 0 aliphatic carbocycles. The monoisotopic (exact) mass is 355 g/mol. The minimum atomic E-state index is -0.351. The SMILES string of the molecule is Cc1ccccc1-c1c(C(N)=O)c(C)n(CCCN2CCOCC2)c1C. The number of hydrogen-bond acceptors (Lipinski definition) is 3. The van der Waals surface area contributed by atoms with Crippen LogP contribution >= 0.6 is 0 Å². The van der Waals surface area contributed by atoms with Crippen LogP contribution in [0.3, 0.4) is 0 Å². The van der Waals surface area contributed by atoms with E-state index in [0.29, 0.717) is 5.56 Å². The molecule has 2 heterocycles. The second kappa shape index (κ2) is 8.06. The van der Waals surface area contributed by atoms with Gasteiger partial charge in [0.25, 0.3) is 5.91 Å². The Morgan fingerprint density at radius 1 is 1.08 bits per heavy atom.